The van der Waals surface area contributed by atoms with Crippen molar-refractivity contribution >= 4 is 11.6 Å². The summed E-state index contributed by atoms with van der Waals surface area (Å²) in [6.45, 7) is 4.76. The molecule has 3 aromatic rings. The topological polar surface area (TPSA) is 61.4 Å². The average Bonchev–Trinajstić information content (AvgIpc) is 3.12. The maximum atomic E-state index is 6.08. The van der Waals surface area contributed by atoms with Crippen LogP contribution in [-0.2, 0) is 13.0 Å². The largest absolute Gasteiger partial charge is 0.249 e. The van der Waals surface area contributed by atoms with Crippen LogP contribution in [0.2, 0.25) is 5.02 Å². The zero-order valence-electron chi connectivity index (χ0n) is 13.1. The van der Waals surface area contributed by atoms with Gasteiger partial charge in [0.15, 0.2) is 0 Å². The molecule has 1 aromatic carbocycles. The second-order valence-corrected chi connectivity index (χ2v) is 6.39. The van der Waals surface area contributed by atoms with Crippen LogP contribution in [0.4, 0.5) is 0 Å². The Morgan fingerprint density at radius 2 is 2.13 bits per heavy atom. The minimum absolute atomic E-state index is 0.278. The third-order valence-electron chi connectivity index (χ3n) is 4.30. The summed E-state index contributed by atoms with van der Waals surface area (Å²) in [5.74, 6) is 3.08. The number of nitrogens with zero attached hydrogens (tertiary/aromatic N) is 6. The predicted octanol–water partition coefficient (Wildman–Crippen LogP) is 2.86. The van der Waals surface area contributed by atoms with Gasteiger partial charge in [-0.15, -0.1) is 0 Å². The summed E-state index contributed by atoms with van der Waals surface area (Å²) in [6.07, 6.45) is 3.54. The van der Waals surface area contributed by atoms with Gasteiger partial charge in [-0.1, -0.05) is 11.6 Å². The van der Waals surface area contributed by atoms with Crippen molar-refractivity contribution in [3.8, 4) is 5.69 Å². The lowest BCUT2D eigenvalue weighted by Crippen LogP contribution is -2.23. The molecule has 1 unspecified atom stereocenters. The van der Waals surface area contributed by atoms with Crippen LogP contribution in [-0.4, -0.2) is 29.5 Å². The molecule has 0 aliphatic carbocycles. The molecule has 4 rings (SSSR count). The maximum Gasteiger partial charge on any atom is 0.148 e. The minimum atomic E-state index is 0.278. The highest BCUT2D eigenvalue weighted by Gasteiger charge is 2.26. The smallest absolute Gasteiger partial charge is 0.148 e. The molecule has 23 heavy (non-hydrogen) atoms. The highest BCUT2D eigenvalue weighted by atomic mass is 35.5. The van der Waals surface area contributed by atoms with E-state index >= 15 is 0 Å². The first-order valence-electron chi connectivity index (χ1n) is 7.68. The first-order valence-corrected chi connectivity index (χ1v) is 8.06. The SMILES string of the molecule is Cc1nc(C2CCc3ncnn3C2)n(-c2ccc(Cl)cc2C)n1. The molecule has 0 bridgehead atoms. The number of aromatic nitrogens is 6. The van der Waals surface area contributed by atoms with Crippen molar-refractivity contribution in [1.82, 2.24) is 29.5 Å². The van der Waals surface area contributed by atoms with Crippen molar-refractivity contribution in [3.63, 3.8) is 0 Å². The summed E-state index contributed by atoms with van der Waals surface area (Å²) >= 11 is 6.08. The fourth-order valence-electron chi connectivity index (χ4n) is 3.18. The number of aryl methyl sites for hydroxylation is 3. The van der Waals surface area contributed by atoms with E-state index in [2.05, 4.69) is 20.2 Å². The summed E-state index contributed by atoms with van der Waals surface area (Å²) in [7, 11) is 0. The minimum Gasteiger partial charge on any atom is -0.249 e. The number of hydrogen-bond donors (Lipinski definition) is 0. The molecule has 1 aliphatic heterocycles. The highest BCUT2D eigenvalue weighted by Crippen LogP contribution is 2.29. The van der Waals surface area contributed by atoms with Crippen molar-refractivity contribution in [2.45, 2.75) is 39.2 Å². The Kier molecular flexibility index (Phi) is 3.41. The zero-order valence-corrected chi connectivity index (χ0v) is 13.8. The van der Waals surface area contributed by atoms with Crippen LogP contribution in [0.1, 0.15) is 35.4 Å². The van der Waals surface area contributed by atoms with Gasteiger partial charge in [-0.2, -0.15) is 10.2 Å². The number of rotatable bonds is 2. The van der Waals surface area contributed by atoms with Crippen molar-refractivity contribution in [1.29, 1.82) is 0 Å². The summed E-state index contributed by atoms with van der Waals surface area (Å²) in [5.41, 5.74) is 2.11. The van der Waals surface area contributed by atoms with Crippen LogP contribution in [0.25, 0.3) is 5.69 Å². The van der Waals surface area contributed by atoms with Gasteiger partial charge in [-0.05, 0) is 44.0 Å². The van der Waals surface area contributed by atoms with Gasteiger partial charge in [0.1, 0.15) is 23.8 Å². The Balaban J connectivity index is 1.76. The molecule has 0 amide bonds. The van der Waals surface area contributed by atoms with Gasteiger partial charge >= 0.3 is 0 Å². The van der Waals surface area contributed by atoms with E-state index in [-0.39, 0.29) is 5.92 Å². The molecule has 0 saturated carbocycles. The normalized spacial score (nSPS) is 17.3. The maximum absolute atomic E-state index is 6.08. The summed E-state index contributed by atoms with van der Waals surface area (Å²) < 4.78 is 3.92. The van der Waals surface area contributed by atoms with E-state index in [1.165, 1.54) is 0 Å². The van der Waals surface area contributed by atoms with Crippen molar-refractivity contribution < 1.29 is 0 Å². The van der Waals surface area contributed by atoms with E-state index in [0.29, 0.717) is 0 Å². The molecule has 0 radical (unpaired) electrons. The number of hydrogen-bond acceptors (Lipinski definition) is 4. The molecular formula is C16H17ClN6. The van der Waals surface area contributed by atoms with Gasteiger partial charge in [0.2, 0.25) is 0 Å². The van der Waals surface area contributed by atoms with Crippen LogP contribution in [0.5, 0.6) is 0 Å². The molecule has 0 fully saturated rings. The Morgan fingerprint density at radius 1 is 1.26 bits per heavy atom. The summed E-state index contributed by atoms with van der Waals surface area (Å²) in [6, 6.07) is 5.84. The second-order valence-electron chi connectivity index (χ2n) is 5.95. The first kappa shape index (κ1) is 14.4. The van der Waals surface area contributed by atoms with E-state index in [9.17, 15) is 0 Å². The van der Waals surface area contributed by atoms with Gasteiger partial charge < -0.3 is 0 Å². The van der Waals surface area contributed by atoms with E-state index < -0.39 is 0 Å². The Labute approximate surface area is 139 Å². The predicted molar refractivity (Wildman–Crippen MR) is 86.9 cm³/mol. The third-order valence-corrected chi connectivity index (χ3v) is 4.53. The summed E-state index contributed by atoms with van der Waals surface area (Å²) in [4.78, 5) is 8.98. The molecule has 118 valence electrons. The van der Waals surface area contributed by atoms with Gasteiger partial charge in [0, 0.05) is 17.4 Å². The fourth-order valence-corrected chi connectivity index (χ4v) is 3.40. The Morgan fingerprint density at radius 3 is 2.96 bits per heavy atom. The second kappa shape index (κ2) is 5.45. The standard InChI is InChI=1S/C16H17ClN6/c1-10-7-13(17)4-5-14(10)23-16(20-11(2)21-23)12-3-6-15-18-9-19-22(15)8-12/h4-5,7,9,12H,3,6,8H2,1-2H3. The summed E-state index contributed by atoms with van der Waals surface area (Å²) in [5, 5.41) is 9.64. The van der Waals surface area contributed by atoms with E-state index in [4.69, 9.17) is 11.6 Å². The van der Waals surface area contributed by atoms with Crippen LogP contribution in [0.15, 0.2) is 24.5 Å². The van der Waals surface area contributed by atoms with Gasteiger partial charge in [0.25, 0.3) is 0 Å². The molecule has 6 nitrogen and oxygen atoms in total. The molecule has 7 heteroatoms. The molecule has 0 saturated heterocycles. The van der Waals surface area contributed by atoms with Crippen LogP contribution < -0.4 is 0 Å². The average molecular weight is 329 g/mol. The van der Waals surface area contributed by atoms with Gasteiger partial charge in [0.05, 0.1) is 12.2 Å². The lowest BCUT2D eigenvalue weighted by molar-refractivity contribution is 0.404. The van der Waals surface area contributed by atoms with E-state index in [1.807, 2.05) is 41.4 Å². The van der Waals surface area contributed by atoms with Crippen molar-refractivity contribution in [2.24, 2.45) is 0 Å². The molecule has 3 heterocycles. The molecule has 2 aromatic heterocycles. The van der Waals surface area contributed by atoms with Crippen LogP contribution in [0.3, 0.4) is 0 Å². The molecular weight excluding hydrogens is 312 g/mol. The molecule has 1 atom stereocenters. The Bertz CT molecular complexity index is 865. The fraction of sp³-hybridized carbons (Fsp3) is 0.375. The lowest BCUT2D eigenvalue weighted by atomic mass is 9.98. The molecule has 0 N–H and O–H groups in total. The quantitative estimate of drug-likeness (QED) is 0.725. The van der Waals surface area contributed by atoms with Crippen molar-refractivity contribution in [3.05, 3.63) is 52.6 Å². The molecule has 0 spiro atoms. The van der Waals surface area contributed by atoms with Gasteiger partial charge in [-0.25, -0.2) is 19.3 Å². The highest BCUT2D eigenvalue weighted by molar-refractivity contribution is 6.30. The van der Waals surface area contributed by atoms with E-state index in [0.717, 1.165) is 53.1 Å². The van der Waals surface area contributed by atoms with Gasteiger partial charge in [-0.3, -0.25) is 0 Å². The third kappa shape index (κ3) is 2.53. The van der Waals surface area contributed by atoms with Crippen molar-refractivity contribution in [2.75, 3.05) is 0 Å². The monoisotopic (exact) mass is 328 g/mol. The lowest BCUT2D eigenvalue weighted by Gasteiger charge is -2.22. The number of benzene rings is 1. The first-order chi connectivity index (χ1) is 11.1. The molecule has 1 aliphatic rings. The number of halogens is 1. The van der Waals surface area contributed by atoms with E-state index in [1.54, 1.807) is 6.33 Å². The van der Waals surface area contributed by atoms with Crippen LogP contribution >= 0.6 is 11.6 Å². The number of fused-ring (bicyclic) bond motifs is 1. The zero-order chi connectivity index (χ0) is 16.0. The Hall–Kier alpha value is -2.21. The van der Waals surface area contributed by atoms with Crippen LogP contribution in [0, 0.1) is 13.8 Å².